The van der Waals surface area contributed by atoms with Gasteiger partial charge in [0.2, 0.25) is 0 Å². The van der Waals surface area contributed by atoms with Crippen molar-refractivity contribution in [2.24, 2.45) is 0 Å². The van der Waals surface area contributed by atoms with Gasteiger partial charge in [0.05, 0.1) is 18.4 Å². The molecule has 2 rings (SSSR count). The number of benzene rings is 1. The number of esters is 1. The lowest BCUT2D eigenvalue weighted by Gasteiger charge is -2.23. The number of hydrogen-bond acceptors (Lipinski definition) is 6. The fraction of sp³-hybridized carbons (Fsp3) is 0.471. The molecule has 8 nitrogen and oxygen atoms in total. The van der Waals surface area contributed by atoms with E-state index in [2.05, 4.69) is 10.1 Å². The zero-order valence-corrected chi connectivity index (χ0v) is 14.9. The van der Waals surface area contributed by atoms with Crippen LogP contribution in [0.25, 0.3) is 0 Å². The van der Waals surface area contributed by atoms with Gasteiger partial charge in [-0.05, 0) is 39.0 Å². The zero-order valence-electron chi connectivity index (χ0n) is 14.9. The van der Waals surface area contributed by atoms with Gasteiger partial charge in [-0.15, -0.1) is 0 Å². The number of rotatable bonds is 2. The third-order valence-electron chi connectivity index (χ3n) is 3.47. The molecule has 1 aromatic carbocycles. The summed E-state index contributed by atoms with van der Waals surface area (Å²) in [6.07, 6.45) is -0.705. The molecule has 0 saturated carbocycles. The number of nitrogens with zero attached hydrogens (tertiary/aromatic N) is 1. The standard InChI is InChI=1S/C17H22N2O6/c1-17(2,3)25-16(22)18-11-9-24-13-7-6-10(15(21)23-5)8-12(13)19(4)14(11)20/h6-8,11H,9H2,1-5H3,(H,18,22). The van der Waals surface area contributed by atoms with Gasteiger partial charge in [0.25, 0.3) is 5.91 Å². The first-order valence-corrected chi connectivity index (χ1v) is 7.74. The maximum Gasteiger partial charge on any atom is 0.408 e. The fourth-order valence-corrected chi connectivity index (χ4v) is 2.30. The molecule has 0 aromatic heterocycles. The van der Waals surface area contributed by atoms with E-state index in [1.165, 1.54) is 18.1 Å². The van der Waals surface area contributed by atoms with Gasteiger partial charge in [-0.3, -0.25) is 4.79 Å². The molecule has 1 aliphatic rings. The summed E-state index contributed by atoms with van der Waals surface area (Å²) in [4.78, 5) is 37.6. The summed E-state index contributed by atoms with van der Waals surface area (Å²) in [5.41, 5.74) is 0.0349. The van der Waals surface area contributed by atoms with Gasteiger partial charge in [0.1, 0.15) is 24.0 Å². The summed E-state index contributed by atoms with van der Waals surface area (Å²) in [6.45, 7) is 5.14. The highest BCUT2D eigenvalue weighted by Crippen LogP contribution is 2.31. The first kappa shape index (κ1) is 18.6. The van der Waals surface area contributed by atoms with Gasteiger partial charge in [0, 0.05) is 7.05 Å². The molecule has 0 bridgehead atoms. The summed E-state index contributed by atoms with van der Waals surface area (Å²) in [5.74, 6) is -0.472. The van der Waals surface area contributed by atoms with Gasteiger partial charge in [-0.25, -0.2) is 9.59 Å². The molecule has 25 heavy (non-hydrogen) atoms. The van der Waals surface area contributed by atoms with E-state index >= 15 is 0 Å². The topological polar surface area (TPSA) is 94.2 Å². The predicted molar refractivity (Wildman–Crippen MR) is 89.8 cm³/mol. The van der Waals surface area contributed by atoms with Crippen LogP contribution in [-0.2, 0) is 14.3 Å². The van der Waals surface area contributed by atoms with Gasteiger partial charge in [0.15, 0.2) is 0 Å². The van der Waals surface area contributed by atoms with E-state index in [-0.39, 0.29) is 12.5 Å². The van der Waals surface area contributed by atoms with Crippen molar-refractivity contribution >= 4 is 23.7 Å². The second-order valence-corrected chi connectivity index (χ2v) is 6.58. The largest absolute Gasteiger partial charge is 0.489 e. The Morgan fingerprint density at radius 2 is 2.00 bits per heavy atom. The van der Waals surface area contributed by atoms with Gasteiger partial charge in [-0.1, -0.05) is 0 Å². The Hall–Kier alpha value is -2.77. The van der Waals surface area contributed by atoms with Crippen LogP contribution in [0.2, 0.25) is 0 Å². The number of carbonyl (C=O) groups is 3. The number of alkyl carbamates (subject to hydrolysis) is 1. The second-order valence-electron chi connectivity index (χ2n) is 6.58. The molecule has 1 heterocycles. The molecule has 0 fully saturated rings. The third kappa shape index (κ3) is 4.40. The number of hydrogen-bond donors (Lipinski definition) is 1. The monoisotopic (exact) mass is 350 g/mol. The Morgan fingerprint density at radius 1 is 1.32 bits per heavy atom. The van der Waals surface area contributed by atoms with E-state index in [0.717, 1.165) is 0 Å². The van der Waals surface area contributed by atoms with E-state index in [1.54, 1.807) is 40.0 Å². The van der Waals surface area contributed by atoms with E-state index < -0.39 is 23.7 Å². The van der Waals surface area contributed by atoms with E-state index in [9.17, 15) is 14.4 Å². The molecule has 0 aliphatic carbocycles. The molecular weight excluding hydrogens is 328 g/mol. The Balaban J connectivity index is 2.20. The molecule has 136 valence electrons. The fourth-order valence-electron chi connectivity index (χ4n) is 2.30. The maximum absolute atomic E-state index is 12.6. The van der Waals surface area contributed by atoms with Crippen molar-refractivity contribution in [1.29, 1.82) is 0 Å². The van der Waals surface area contributed by atoms with Crippen LogP contribution in [-0.4, -0.2) is 50.4 Å². The summed E-state index contributed by atoms with van der Waals surface area (Å²) in [6, 6.07) is 3.73. The lowest BCUT2D eigenvalue weighted by atomic mass is 10.1. The number of anilines is 1. The minimum Gasteiger partial charge on any atom is -0.489 e. The van der Waals surface area contributed by atoms with Crippen LogP contribution in [0.15, 0.2) is 18.2 Å². The molecule has 1 N–H and O–H groups in total. The van der Waals surface area contributed by atoms with Crippen LogP contribution < -0.4 is 15.0 Å². The summed E-state index contributed by atoms with van der Waals surface area (Å²) in [7, 11) is 2.82. The van der Waals surface area contributed by atoms with Crippen molar-refractivity contribution in [3.05, 3.63) is 23.8 Å². The molecule has 1 aromatic rings. The first-order valence-electron chi connectivity index (χ1n) is 7.74. The summed E-state index contributed by atoms with van der Waals surface area (Å²) >= 11 is 0. The Bertz CT molecular complexity index is 695. The van der Waals surface area contributed by atoms with Crippen molar-refractivity contribution in [2.45, 2.75) is 32.4 Å². The Morgan fingerprint density at radius 3 is 2.60 bits per heavy atom. The van der Waals surface area contributed by atoms with E-state index in [1.807, 2.05) is 0 Å². The highest BCUT2D eigenvalue weighted by Gasteiger charge is 2.32. The molecule has 0 saturated heterocycles. The van der Waals surface area contributed by atoms with Crippen molar-refractivity contribution < 1.29 is 28.6 Å². The van der Waals surface area contributed by atoms with Crippen LogP contribution >= 0.6 is 0 Å². The molecule has 0 radical (unpaired) electrons. The molecule has 8 heteroatoms. The van der Waals surface area contributed by atoms with E-state index in [4.69, 9.17) is 9.47 Å². The number of methoxy groups -OCH3 is 1. The van der Waals surface area contributed by atoms with Crippen LogP contribution in [0.4, 0.5) is 10.5 Å². The number of likely N-dealkylation sites (N-methyl/N-ethyl adjacent to an activating group) is 1. The summed E-state index contributed by atoms with van der Waals surface area (Å²) < 4.78 is 15.5. The molecule has 1 aliphatic heterocycles. The smallest absolute Gasteiger partial charge is 0.408 e. The maximum atomic E-state index is 12.6. The minimum absolute atomic E-state index is 0.0486. The van der Waals surface area contributed by atoms with Crippen molar-refractivity contribution in [1.82, 2.24) is 5.32 Å². The van der Waals surface area contributed by atoms with E-state index in [0.29, 0.717) is 17.0 Å². The molecular formula is C17H22N2O6. The van der Waals surface area contributed by atoms with Crippen molar-refractivity contribution in [3.63, 3.8) is 0 Å². The van der Waals surface area contributed by atoms with Crippen LogP contribution in [0.3, 0.4) is 0 Å². The lowest BCUT2D eigenvalue weighted by molar-refractivity contribution is -0.120. The van der Waals surface area contributed by atoms with Crippen LogP contribution in [0.5, 0.6) is 5.75 Å². The lowest BCUT2D eigenvalue weighted by Crippen LogP contribution is -2.50. The SMILES string of the molecule is COC(=O)c1ccc2c(c1)N(C)C(=O)C(NC(=O)OC(C)(C)C)CO2. The van der Waals surface area contributed by atoms with Gasteiger partial charge < -0.3 is 24.4 Å². The number of fused-ring (bicyclic) bond motifs is 1. The summed E-state index contributed by atoms with van der Waals surface area (Å²) in [5, 5.41) is 2.51. The molecule has 1 unspecified atom stereocenters. The second kappa shape index (κ2) is 7.00. The van der Waals surface area contributed by atoms with Crippen molar-refractivity contribution in [3.8, 4) is 5.75 Å². The van der Waals surface area contributed by atoms with Gasteiger partial charge >= 0.3 is 12.1 Å². The number of nitrogens with one attached hydrogen (secondary N) is 1. The number of ether oxygens (including phenoxy) is 3. The first-order chi connectivity index (χ1) is 11.6. The molecule has 1 atom stereocenters. The number of carbonyl (C=O) groups excluding carboxylic acids is 3. The van der Waals surface area contributed by atoms with Crippen LogP contribution in [0.1, 0.15) is 31.1 Å². The zero-order chi connectivity index (χ0) is 18.8. The van der Waals surface area contributed by atoms with Crippen LogP contribution in [0, 0.1) is 0 Å². The molecule has 2 amide bonds. The quantitative estimate of drug-likeness (QED) is 0.816. The Kier molecular flexibility index (Phi) is 5.20. The highest BCUT2D eigenvalue weighted by atomic mass is 16.6. The Labute approximate surface area is 146 Å². The third-order valence-corrected chi connectivity index (χ3v) is 3.47. The highest BCUT2D eigenvalue weighted by molar-refractivity contribution is 6.01. The normalized spacial score (nSPS) is 17.1. The van der Waals surface area contributed by atoms with Crippen molar-refractivity contribution in [2.75, 3.05) is 25.7 Å². The average molecular weight is 350 g/mol. The predicted octanol–water partition coefficient (Wildman–Crippen LogP) is 1.72. The average Bonchev–Trinajstić information content (AvgIpc) is 2.64. The number of amides is 2. The molecule has 0 spiro atoms. The van der Waals surface area contributed by atoms with Gasteiger partial charge in [-0.2, -0.15) is 0 Å². The minimum atomic E-state index is -0.908.